The van der Waals surface area contributed by atoms with Crippen molar-refractivity contribution >= 4 is 23.2 Å². The first kappa shape index (κ1) is 20.7. The number of primary amides is 1. The van der Waals surface area contributed by atoms with Gasteiger partial charge in [0.15, 0.2) is 18.1 Å². The third-order valence-corrected chi connectivity index (χ3v) is 4.65. The Bertz CT molecular complexity index is 812. The number of nitrogens with zero attached hydrogens (tertiary/aromatic N) is 1. The quantitative estimate of drug-likeness (QED) is 0.718. The average Bonchev–Trinajstić information content (AvgIpc) is 3.09. The van der Waals surface area contributed by atoms with E-state index >= 15 is 0 Å². The summed E-state index contributed by atoms with van der Waals surface area (Å²) in [7, 11) is 1.46. The average molecular weight is 391 g/mol. The largest absolute Gasteiger partial charge is 0.493 e. The Hall–Kier alpha value is -2.61. The molecule has 0 atom stereocenters. The number of hydrogen-bond acceptors (Lipinski definition) is 6. The summed E-state index contributed by atoms with van der Waals surface area (Å²) < 4.78 is 10.5. The smallest absolute Gasteiger partial charge is 0.255 e. The van der Waals surface area contributed by atoms with Crippen LogP contribution in [0.4, 0.5) is 0 Å². The van der Waals surface area contributed by atoms with Crippen LogP contribution in [-0.4, -0.2) is 37.1 Å². The van der Waals surface area contributed by atoms with E-state index in [1.54, 1.807) is 29.5 Å². The Balaban J connectivity index is 1.93. The van der Waals surface area contributed by atoms with Crippen molar-refractivity contribution in [1.29, 1.82) is 0 Å². The van der Waals surface area contributed by atoms with Crippen LogP contribution in [0.25, 0.3) is 0 Å². The molecule has 8 heteroatoms. The van der Waals surface area contributed by atoms with E-state index in [-0.39, 0.29) is 17.9 Å². The number of amides is 2. The highest BCUT2D eigenvalue weighted by atomic mass is 32.1. The van der Waals surface area contributed by atoms with Crippen LogP contribution in [0, 0.1) is 0 Å². The van der Waals surface area contributed by atoms with Crippen molar-refractivity contribution in [3.63, 3.8) is 0 Å². The van der Waals surface area contributed by atoms with Crippen LogP contribution in [0.2, 0.25) is 0 Å². The highest BCUT2D eigenvalue weighted by Crippen LogP contribution is 2.28. The van der Waals surface area contributed by atoms with Gasteiger partial charge in [-0.2, -0.15) is 0 Å². The Morgan fingerprint density at radius 2 is 2.00 bits per heavy atom. The molecule has 1 aromatic heterocycles. The fourth-order valence-electron chi connectivity index (χ4n) is 2.23. The van der Waals surface area contributed by atoms with Gasteiger partial charge in [-0.1, -0.05) is 20.8 Å². The molecule has 27 heavy (non-hydrogen) atoms. The van der Waals surface area contributed by atoms with Crippen LogP contribution >= 0.6 is 11.3 Å². The molecule has 2 aromatic rings. The van der Waals surface area contributed by atoms with Gasteiger partial charge in [0.25, 0.3) is 11.8 Å². The van der Waals surface area contributed by atoms with Crippen LogP contribution in [0.5, 0.6) is 11.5 Å². The lowest BCUT2D eigenvalue weighted by Crippen LogP contribution is -2.26. The molecule has 0 aliphatic rings. The molecule has 0 saturated heterocycles. The summed E-state index contributed by atoms with van der Waals surface area (Å²) in [5, 5.41) is 5.93. The molecule has 0 saturated carbocycles. The molecule has 0 spiro atoms. The highest BCUT2D eigenvalue weighted by Gasteiger charge is 2.17. The van der Waals surface area contributed by atoms with Crippen molar-refractivity contribution in [2.45, 2.75) is 32.6 Å². The van der Waals surface area contributed by atoms with E-state index in [1.165, 1.54) is 7.11 Å². The summed E-state index contributed by atoms with van der Waals surface area (Å²) >= 11 is 1.60. The van der Waals surface area contributed by atoms with Gasteiger partial charge < -0.3 is 20.5 Å². The predicted octanol–water partition coefficient (Wildman–Crippen LogP) is 2.29. The molecule has 0 bridgehead atoms. The molecule has 1 heterocycles. The molecule has 1 aromatic carbocycles. The number of rotatable bonds is 8. The summed E-state index contributed by atoms with van der Waals surface area (Å²) in [5.41, 5.74) is 6.58. The van der Waals surface area contributed by atoms with E-state index < -0.39 is 5.91 Å². The Labute approximate surface area is 162 Å². The van der Waals surface area contributed by atoms with Gasteiger partial charge in [-0.05, 0) is 18.2 Å². The summed E-state index contributed by atoms with van der Waals surface area (Å²) in [5.74, 6) is -0.0954. The number of benzene rings is 1. The predicted molar refractivity (Wildman–Crippen MR) is 105 cm³/mol. The van der Waals surface area contributed by atoms with Crippen LogP contribution in [-0.2, 0) is 16.6 Å². The van der Waals surface area contributed by atoms with Crippen LogP contribution < -0.4 is 20.5 Å². The van der Waals surface area contributed by atoms with Crippen molar-refractivity contribution < 1.29 is 19.1 Å². The number of methoxy groups -OCH3 is 1. The number of aromatic nitrogens is 1. The Morgan fingerprint density at radius 3 is 2.59 bits per heavy atom. The molecule has 146 valence electrons. The monoisotopic (exact) mass is 391 g/mol. The zero-order chi connectivity index (χ0) is 20.0. The molecule has 0 radical (unpaired) electrons. The second kappa shape index (κ2) is 8.85. The summed E-state index contributed by atoms with van der Waals surface area (Å²) in [6.07, 6.45) is 0.670. The minimum absolute atomic E-state index is 0.0207. The minimum atomic E-state index is -0.587. The van der Waals surface area contributed by atoms with Crippen molar-refractivity contribution in [1.82, 2.24) is 10.3 Å². The zero-order valence-electron chi connectivity index (χ0n) is 16.0. The van der Waals surface area contributed by atoms with Gasteiger partial charge in [-0.3, -0.25) is 9.59 Å². The van der Waals surface area contributed by atoms with Crippen LogP contribution in [0.3, 0.4) is 0 Å². The van der Waals surface area contributed by atoms with Crippen molar-refractivity contribution in [2.24, 2.45) is 5.73 Å². The van der Waals surface area contributed by atoms with E-state index in [4.69, 9.17) is 15.2 Å². The lowest BCUT2D eigenvalue weighted by atomic mass is 9.93. The van der Waals surface area contributed by atoms with Gasteiger partial charge in [0, 0.05) is 29.3 Å². The molecule has 2 rings (SSSR count). The molecule has 0 aliphatic carbocycles. The number of carbonyl (C=O) groups is 2. The zero-order valence-corrected chi connectivity index (χ0v) is 16.8. The summed E-state index contributed by atoms with van der Waals surface area (Å²) in [6.45, 7) is 6.60. The molecular weight excluding hydrogens is 366 g/mol. The van der Waals surface area contributed by atoms with Gasteiger partial charge in [0.05, 0.1) is 17.8 Å². The number of ether oxygens (including phenoxy) is 2. The lowest BCUT2D eigenvalue weighted by Gasteiger charge is -2.14. The van der Waals surface area contributed by atoms with Gasteiger partial charge in [-0.25, -0.2) is 4.98 Å². The second-order valence-corrected chi connectivity index (χ2v) is 7.95. The van der Waals surface area contributed by atoms with Crippen LogP contribution in [0.15, 0.2) is 23.6 Å². The maximum absolute atomic E-state index is 12.3. The standard InChI is InChI=1S/C19H25N3O4S/c1-19(2,3)15-11-27-17(22-15)7-8-21-18(24)12-5-6-13(14(9-12)25-4)26-10-16(20)23/h5-6,9,11H,7-8,10H2,1-4H3,(H2,20,23)(H,21,24). The van der Waals surface area contributed by atoms with Gasteiger partial charge in [0.2, 0.25) is 0 Å². The lowest BCUT2D eigenvalue weighted by molar-refractivity contribution is -0.119. The molecule has 0 aliphatic heterocycles. The highest BCUT2D eigenvalue weighted by molar-refractivity contribution is 7.09. The van der Waals surface area contributed by atoms with Crippen molar-refractivity contribution in [2.75, 3.05) is 20.3 Å². The Kier molecular flexibility index (Phi) is 6.79. The van der Waals surface area contributed by atoms with E-state index in [0.717, 1.165) is 10.7 Å². The topological polar surface area (TPSA) is 104 Å². The van der Waals surface area contributed by atoms with E-state index in [2.05, 4.69) is 36.5 Å². The molecular formula is C19H25N3O4S. The number of thiazole rings is 1. The van der Waals surface area contributed by atoms with Gasteiger partial charge in [-0.15, -0.1) is 11.3 Å². The number of nitrogens with one attached hydrogen (secondary N) is 1. The first-order chi connectivity index (χ1) is 12.7. The number of carbonyl (C=O) groups excluding carboxylic acids is 2. The second-order valence-electron chi connectivity index (χ2n) is 7.00. The minimum Gasteiger partial charge on any atom is -0.493 e. The fraction of sp³-hybridized carbons (Fsp3) is 0.421. The first-order valence-electron chi connectivity index (χ1n) is 8.53. The van der Waals surface area contributed by atoms with Crippen molar-refractivity contribution in [3.05, 3.63) is 39.8 Å². The van der Waals surface area contributed by atoms with Crippen LogP contribution in [0.1, 0.15) is 41.8 Å². The van der Waals surface area contributed by atoms with E-state index in [0.29, 0.717) is 30.0 Å². The SMILES string of the molecule is COc1cc(C(=O)NCCc2nc(C(C)(C)C)cs2)ccc1OCC(N)=O. The molecule has 0 fully saturated rings. The van der Waals surface area contributed by atoms with E-state index in [1.807, 2.05) is 0 Å². The maximum Gasteiger partial charge on any atom is 0.255 e. The normalized spacial score (nSPS) is 11.1. The summed E-state index contributed by atoms with van der Waals surface area (Å²) in [6, 6.07) is 4.75. The fourth-order valence-corrected chi connectivity index (χ4v) is 3.26. The molecule has 3 N–H and O–H groups in total. The molecule has 2 amide bonds. The van der Waals surface area contributed by atoms with Gasteiger partial charge >= 0.3 is 0 Å². The Morgan fingerprint density at radius 1 is 1.26 bits per heavy atom. The molecule has 0 unspecified atom stereocenters. The first-order valence-corrected chi connectivity index (χ1v) is 9.41. The number of hydrogen-bond donors (Lipinski definition) is 2. The summed E-state index contributed by atoms with van der Waals surface area (Å²) in [4.78, 5) is 27.8. The maximum atomic E-state index is 12.3. The third kappa shape index (κ3) is 5.96. The number of nitrogens with two attached hydrogens (primary N) is 1. The third-order valence-electron chi connectivity index (χ3n) is 3.74. The van der Waals surface area contributed by atoms with E-state index in [9.17, 15) is 9.59 Å². The van der Waals surface area contributed by atoms with Crippen molar-refractivity contribution in [3.8, 4) is 11.5 Å². The molecule has 7 nitrogen and oxygen atoms in total. The van der Waals surface area contributed by atoms with Gasteiger partial charge in [0.1, 0.15) is 0 Å².